The molecule has 0 radical (unpaired) electrons. The Morgan fingerprint density at radius 3 is 2.69 bits per heavy atom. The fraction of sp³-hybridized carbons (Fsp3) is 0.500. The van der Waals surface area contributed by atoms with E-state index in [0.717, 1.165) is 5.56 Å². The molecule has 3 rings (SSSR count). The first-order chi connectivity index (χ1) is 12.5. The first-order valence-corrected chi connectivity index (χ1v) is 8.39. The topological polar surface area (TPSA) is 86.9 Å². The maximum absolute atomic E-state index is 11.9. The molecule has 26 heavy (non-hydrogen) atoms. The summed E-state index contributed by atoms with van der Waals surface area (Å²) in [6.45, 7) is 2.07. The van der Waals surface area contributed by atoms with Crippen LogP contribution in [0.4, 0.5) is 0 Å². The van der Waals surface area contributed by atoms with Crippen molar-refractivity contribution in [2.24, 2.45) is 0 Å². The molecule has 2 heterocycles. The van der Waals surface area contributed by atoms with E-state index in [1.54, 1.807) is 26.2 Å². The highest BCUT2D eigenvalue weighted by molar-refractivity contribution is 5.74. The van der Waals surface area contributed by atoms with Crippen molar-refractivity contribution in [2.75, 3.05) is 27.9 Å². The molecule has 0 saturated carbocycles. The Morgan fingerprint density at radius 1 is 1.27 bits per heavy atom. The Bertz CT molecular complexity index is 776. The van der Waals surface area contributed by atoms with Gasteiger partial charge >= 0.3 is 0 Å². The van der Waals surface area contributed by atoms with E-state index >= 15 is 0 Å². The van der Waals surface area contributed by atoms with Crippen LogP contribution in [-0.2, 0) is 16.0 Å². The average molecular weight is 361 g/mol. The zero-order valence-electron chi connectivity index (χ0n) is 15.4. The van der Waals surface area contributed by atoms with Crippen LogP contribution in [0.5, 0.6) is 11.5 Å². The Morgan fingerprint density at radius 2 is 2.04 bits per heavy atom. The van der Waals surface area contributed by atoms with Crippen molar-refractivity contribution in [3.8, 4) is 11.5 Å². The van der Waals surface area contributed by atoms with E-state index in [-0.39, 0.29) is 18.1 Å². The molecule has 1 aliphatic heterocycles. The first-order valence-electron chi connectivity index (χ1n) is 8.39. The summed E-state index contributed by atoms with van der Waals surface area (Å²) >= 11 is 0. The summed E-state index contributed by atoms with van der Waals surface area (Å²) in [6.07, 6.45) is 1.11. The Hall–Kier alpha value is -2.61. The number of carbonyl (C=O) groups is 1. The molecule has 0 aliphatic carbocycles. The van der Waals surface area contributed by atoms with Crippen LogP contribution in [0.25, 0.3) is 0 Å². The first kappa shape index (κ1) is 18.2. The molecule has 2 aromatic rings. The van der Waals surface area contributed by atoms with Crippen LogP contribution in [0.3, 0.4) is 0 Å². The zero-order valence-corrected chi connectivity index (χ0v) is 15.4. The standard InChI is InChI=1S/C18H23N3O5/c1-11(22)21-10-13(23-2)9-14(21)18-19-17(20-26-18)8-12-5-6-15(24-3)16(7-12)25-4/h5-7,13-14H,8-10H2,1-4H3/t13-,14+/m0/s1. The van der Waals surface area contributed by atoms with Gasteiger partial charge in [0.15, 0.2) is 17.3 Å². The average Bonchev–Trinajstić information content (AvgIpc) is 3.28. The molecule has 1 amide bonds. The van der Waals surface area contributed by atoms with Crippen molar-refractivity contribution >= 4 is 5.91 Å². The lowest BCUT2D eigenvalue weighted by molar-refractivity contribution is -0.130. The molecule has 8 heteroatoms. The summed E-state index contributed by atoms with van der Waals surface area (Å²) in [7, 11) is 4.83. The fourth-order valence-electron chi connectivity index (χ4n) is 3.20. The van der Waals surface area contributed by atoms with E-state index in [2.05, 4.69) is 10.1 Å². The smallest absolute Gasteiger partial charge is 0.249 e. The predicted molar refractivity (Wildman–Crippen MR) is 92.2 cm³/mol. The highest BCUT2D eigenvalue weighted by Crippen LogP contribution is 2.33. The van der Waals surface area contributed by atoms with Gasteiger partial charge in [0.2, 0.25) is 11.8 Å². The lowest BCUT2D eigenvalue weighted by atomic mass is 10.1. The summed E-state index contributed by atoms with van der Waals surface area (Å²) in [6, 6.07) is 5.40. The van der Waals surface area contributed by atoms with Gasteiger partial charge in [0.25, 0.3) is 0 Å². The molecule has 1 aliphatic rings. The van der Waals surface area contributed by atoms with E-state index in [1.807, 2.05) is 18.2 Å². The van der Waals surface area contributed by atoms with E-state index in [1.165, 1.54) is 6.92 Å². The van der Waals surface area contributed by atoms with Crippen molar-refractivity contribution in [3.63, 3.8) is 0 Å². The van der Waals surface area contributed by atoms with E-state index in [9.17, 15) is 4.79 Å². The van der Waals surface area contributed by atoms with Crippen molar-refractivity contribution in [2.45, 2.75) is 31.9 Å². The Labute approximate surface area is 152 Å². The number of aromatic nitrogens is 2. The number of hydrogen-bond donors (Lipinski definition) is 0. The van der Waals surface area contributed by atoms with Crippen LogP contribution < -0.4 is 9.47 Å². The van der Waals surface area contributed by atoms with Gasteiger partial charge in [0.05, 0.1) is 20.3 Å². The van der Waals surface area contributed by atoms with Crippen molar-refractivity contribution in [1.29, 1.82) is 0 Å². The number of ether oxygens (including phenoxy) is 3. The largest absolute Gasteiger partial charge is 0.493 e. The van der Waals surface area contributed by atoms with E-state index in [4.69, 9.17) is 18.7 Å². The van der Waals surface area contributed by atoms with Crippen molar-refractivity contribution < 1.29 is 23.5 Å². The molecule has 1 aromatic heterocycles. The lowest BCUT2D eigenvalue weighted by Crippen LogP contribution is -2.29. The summed E-state index contributed by atoms with van der Waals surface area (Å²) in [5.41, 5.74) is 0.972. The highest BCUT2D eigenvalue weighted by Gasteiger charge is 2.38. The van der Waals surface area contributed by atoms with Crippen LogP contribution in [0, 0.1) is 0 Å². The molecule has 8 nitrogen and oxygen atoms in total. The molecule has 0 unspecified atom stereocenters. The van der Waals surface area contributed by atoms with Crippen LogP contribution in [0.15, 0.2) is 22.7 Å². The van der Waals surface area contributed by atoms with Gasteiger partial charge in [-0.05, 0) is 17.7 Å². The number of likely N-dealkylation sites (tertiary alicyclic amines) is 1. The lowest BCUT2D eigenvalue weighted by Gasteiger charge is -2.19. The Kier molecular flexibility index (Phi) is 5.41. The molecule has 0 spiro atoms. The third kappa shape index (κ3) is 3.65. The highest BCUT2D eigenvalue weighted by atomic mass is 16.5. The van der Waals surface area contributed by atoms with Gasteiger partial charge in [-0.3, -0.25) is 4.79 Å². The number of methoxy groups -OCH3 is 3. The minimum atomic E-state index is -0.246. The van der Waals surface area contributed by atoms with Crippen LogP contribution in [0.1, 0.15) is 36.7 Å². The van der Waals surface area contributed by atoms with Crippen molar-refractivity contribution in [1.82, 2.24) is 15.0 Å². The predicted octanol–water partition coefficient (Wildman–Crippen LogP) is 1.99. The third-order valence-corrected chi connectivity index (χ3v) is 4.58. The molecule has 2 atom stereocenters. The van der Waals surface area contributed by atoms with E-state index in [0.29, 0.717) is 42.6 Å². The Balaban J connectivity index is 1.76. The molecule has 140 valence electrons. The monoisotopic (exact) mass is 361 g/mol. The minimum Gasteiger partial charge on any atom is -0.493 e. The van der Waals surface area contributed by atoms with Crippen LogP contribution >= 0.6 is 0 Å². The van der Waals surface area contributed by atoms with Gasteiger partial charge in [-0.25, -0.2) is 0 Å². The van der Waals surface area contributed by atoms with Gasteiger partial charge in [-0.15, -0.1) is 0 Å². The zero-order chi connectivity index (χ0) is 18.7. The number of carbonyl (C=O) groups excluding carboxylic acids is 1. The summed E-state index contributed by atoms with van der Waals surface area (Å²) < 4.78 is 21.4. The molecule has 1 fully saturated rings. The number of amides is 1. The molecule has 0 N–H and O–H groups in total. The number of benzene rings is 1. The summed E-state index contributed by atoms with van der Waals surface area (Å²) in [4.78, 5) is 18.1. The van der Waals surface area contributed by atoms with Crippen LogP contribution in [0.2, 0.25) is 0 Å². The van der Waals surface area contributed by atoms with Gasteiger partial charge in [-0.1, -0.05) is 11.2 Å². The molecular weight excluding hydrogens is 338 g/mol. The van der Waals surface area contributed by atoms with Gasteiger partial charge in [0, 0.05) is 33.4 Å². The molecular formula is C18H23N3O5. The van der Waals surface area contributed by atoms with Gasteiger partial charge < -0.3 is 23.6 Å². The second-order valence-corrected chi connectivity index (χ2v) is 6.20. The quantitative estimate of drug-likeness (QED) is 0.777. The number of hydrogen-bond acceptors (Lipinski definition) is 7. The fourth-order valence-corrected chi connectivity index (χ4v) is 3.20. The van der Waals surface area contributed by atoms with Crippen molar-refractivity contribution in [3.05, 3.63) is 35.5 Å². The minimum absolute atomic E-state index is 0.0231. The molecule has 1 saturated heterocycles. The molecule has 1 aromatic carbocycles. The maximum Gasteiger partial charge on any atom is 0.249 e. The number of rotatable bonds is 6. The maximum atomic E-state index is 11.9. The second-order valence-electron chi connectivity index (χ2n) is 6.20. The summed E-state index contributed by atoms with van der Waals surface area (Å²) in [5, 5.41) is 4.06. The van der Waals surface area contributed by atoms with Gasteiger partial charge in [-0.2, -0.15) is 4.98 Å². The summed E-state index contributed by atoms with van der Waals surface area (Å²) in [5.74, 6) is 2.27. The van der Waals surface area contributed by atoms with Gasteiger partial charge in [0.1, 0.15) is 6.04 Å². The van der Waals surface area contributed by atoms with Crippen LogP contribution in [-0.4, -0.2) is 54.9 Å². The SMILES string of the molecule is COc1ccc(Cc2noc([C@H]3C[C@H](OC)CN3C(C)=O)n2)cc1OC. The third-order valence-electron chi connectivity index (χ3n) is 4.58. The molecule has 0 bridgehead atoms. The van der Waals surface area contributed by atoms with E-state index < -0.39 is 0 Å². The normalized spacial score (nSPS) is 19.6. The second kappa shape index (κ2) is 7.74. The number of nitrogens with zero attached hydrogens (tertiary/aromatic N) is 3.